The quantitative estimate of drug-likeness (QED) is 0.583. The van der Waals surface area contributed by atoms with Crippen molar-refractivity contribution in [3.05, 3.63) is 0 Å². The average Bonchev–Trinajstić information content (AvgIpc) is 2.40. The van der Waals surface area contributed by atoms with E-state index in [9.17, 15) is 4.79 Å². The fraction of sp³-hybridized carbons (Fsp3) is 0.933. The summed E-state index contributed by atoms with van der Waals surface area (Å²) in [6.07, 6.45) is 1.59. The van der Waals surface area contributed by atoms with E-state index in [2.05, 4.69) is 34.6 Å². The van der Waals surface area contributed by atoms with Gasteiger partial charge in [0.1, 0.15) is 0 Å². The summed E-state index contributed by atoms with van der Waals surface area (Å²) in [6, 6.07) is 0. The molecule has 0 amide bonds. The van der Waals surface area contributed by atoms with Crippen LogP contribution < -0.4 is 0 Å². The maximum absolute atomic E-state index is 11.9. The molecule has 4 heteroatoms. The zero-order valence-corrected chi connectivity index (χ0v) is 13.7. The minimum atomic E-state index is -1.31. The normalized spacial score (nSPS) is 38.6. The second-order valence-electron chi connectivity index (χ2n) is 6.09. The van der Waals surface area contributed by atoms with Crippen molar-refractivity contribution >= 4 is 17.6 Å². The van der Waals surface area contributed by atoms with Crippen LogP contribution in [0, 0.1) is 23.7 Å². The first kappa shape index (κ1) is 16.8. The number of carbonyl (C=O) groups is 1. The zero-order valence-electron chi connectivity index (χ0n) is 12.9. The molecular weight excluding hydrogens is 264 g/mol. The van der Waals surface area contributed by atoms with Gasteiger partial charge < -0.3 is 9.47 Å². The third-order valence-electron chi connectivity index (χ3n) is 4.87. The molecular formula is C15H27ClO3. The van der Waals surface area contributed by atoms with Crippen LogP contribution in [0.25, 0.3) is 0 Å². The van der Waals surface area contributed by atoms with Gasteiger partial charge in [0, 0.05) is 6.42 Å². The zero-order chi connectivity index (χ0) is 14.8. The Labute approximate surface area is 122 Å². The molecule has 0 radical (unpaired) electrons. The highest BCUT2D eigenvalue weighted by molar-refractivity contribution is 6.32. The number of alkyl halides is 1. The van der Waals surface area contributed by atoms with Gasteiger partial charge in [0.25, 0.3) is 0 Å². The summed E-state index contributed by atoms with van der Waals surface area (Å²) in [5.74, 6) is 1.15. The van der Waals surface area contributed by atoms with Crippen LogP contribution in [0.15, 0.2) is 0 Å². The molecule has 1 aliphatic rings. The number of rotatable bonds is 4. The number of esters is 1. The highest BCUT2D eigenvalue weighted by atomic mass is 35.5. The van der Waals surface area contributed by atoms with Crippen molar-refractivity contribution < 1.29 is 14.3 Å². The number of methoxy groups -OCH3 is 1. The number of hydrogen-bond donors (Lipinski definition) is 0. The Bertz CT molecular complexity index is 321. The molecule has 0 spiro atoms. The third kappa shape index (κ3) is 3.43. The maximum atomic E-state index is 11.9. The highest BCUT2D eigenvalue weighted by Gasteiger charge is 2.50. The molecule has 1 rings (SSSR count). The lowest BCUT2D eigenvalue weighted by molar-refractivity contribution is -0.189. The smallest absolute Gasteiger partial charge is 0.354 e. The Morgan fingerprint density at radius 1 is 1.47 bits per heavy atom. The standard InChI is InChI=1S/C15H27ClO3/c1-7-9(2)11(4)13-12(5)10(3)8-15(16,19-13)14(17)18-6/h9-13H,7-8H2,1-6H3. The molecule has 0 N–H and O–H groups in total. The van der Waals surface area contributed by atoms with Crippen LogP contribution in [-0.2, 0) is 14.3 Å². The predicted molar refractivity (Wildman–Crippen MR) is 77.0 cm³/mol. The lowest BCUT2D eigenvalue weighted by Crippen LogP contribution is -2.52. The topological polar surface area (TPSA) is 35.5 Å². The van der Waals surface area contributed by atoms with Crippen LogP contribution in [-0.4, -0.2) is 24.2 Å². The van der Waals surface area contributed by atoms with E-state index in [0.29, 0.717) is 30.1 Å². The Morgan fingerprint density at radius 3 is 2.53 bits per heavy atom. The van der Waals surface area contributed by atoms with Crippen LogP contribution in [0.2, 0.25) is 0 Å². The van der Waals surface area contributed by atoms with Gasteiger partial charge in [0.2, 0.25) is 5.06 Å². The molecule has 1 fully saturated rings. The number of ether oxygens (including phenoxy) is 2. The van der Waals surface area contributed by atoms with Crippen LogP contribution >= 0.6 is 11.6 Å². The van der Waals surface area contributed by atoms with Crippen molar-refractivity contribution in [3.8, 4) is 0 Å². The molecule has 0 saturated carbocycles. The SMILES string of the molecule is CCC(C)C(C)C1OC(Cl)(C(=O)OC)CC(C)C1C. The first-order valence-corrected chi connectivity index (χ1v) is 7.59. The Hall–Kier alpha value is -0.280. The average molecular weight is 291 g/mol. The van der Waals surface area contributed by atoms with Gasteiger partial charge in [-0.3, -0.25) is 0 Å². The van der Waals surface area contributed by atoms with Gasteiger partial charge in [0.15, 0.2) is 0 Å². The molecule has 3 nitrogen and oxygen atoms in total. The summed E-state index contributed by atoms with van der Waals surface area (Å²) in [7, 11) is 1.35. The molecule has 1 aliphatic heterocycles. The first-order valence-electron chi connectivity index (χ1n) is 7.22. The molecule has 1 heterocycles. The largest absolute Gasteiger partial charge is 0.466 e. The summed E-state index contributed by atoms with van der Waals surface area (Å²) < 4.78 is 10.8. The monoisotopic (exact) mass is 290 g/mol. The molecule has 0 aromatic heterocycles. The van der Waals surface area contributed by atoms with E-state index in [1.165, 1.54) is 7.11 Å². The Morgan fingerprint density at radius 2 is 2.05 bits per heavy atom. The van der Waals surface area contributed by atoms with Crippen molar-refractivity contribution in [2.75, 3.05) is 7.11 Å². The van der Waals surface area contributed by atoms with Crippen LogP contribution in [0.5, 0.6) is 0 Å². The second-order valence-corrected chi connectivity index (χ2v) is 6.70. The van der Waals surface area contributed by atoms with E-state index >= 15 is 0 Å². The van der Waals surface area contributed by atoms with Gasteiger partial charge in [-0.2, -0.15) is 0 Å². The molecule has 6 unspecified atom stereocenters. The molecule has 0 aromatic carbocycles. The van der Waals surface area contributed by atoms with E-state index in [-0.39, 0.29) is 6.10 Å². The maximum Gasteiger partial charge on any atom is 0.354 e. The fourth-order valence-electron chi connectivity index (χ4n) is 2.86. The molecule has 1 saturated heterocycles. The Kier molecular flexibility index (Phi) is 5.69. The number of carbonyl (C=O) groups excluding carboxylic acids is 1. The molecule has 112 valence electrons. The second kappa shape index (κ2) is 6.45. The van der Waals surface area contributed by atoms with Gasteiger partial charge in [0.05, 0.1) is 13.2 Å². The summed E-state index contributed by atoms with van der Waals surface area (Å²) in [6.45, 7) is 10.9. The van der Waals surface area contributed by atoms with Gasteiger partial charge in [-0.15, -0.1) is 0 Å². The Balaban J connectivity index is 2.94. The van der Waals surface area contributed by atoms with E-state index < -0.39 is 11.0 Å². The summed E-state index contributed by atoms with van der Waals surface area (Å²) >= 11 is 6.38. The van der Waals surface area contributed by atoms with Gasteiger partial charge in [-0.25, -0.2) is 4.79 Å². The van der Waals surface area contributed by atoms with Gasteiger partial charge >= 0.3 is 5.97 Å². The minimum absolute atomic E-state index is 0.00435. The summed E-state index contributed by atoms with van der Waals surface area (Å²) in [5.41, 5.74) is 0. The number of hydrogen-bond acceptors (Lipinski definition) is 3. The van der Waals surface area contributed by atoms with Gasteiger partial charge in [-0.1, -0.05) is 52.6 Å². The molecule has 0 aromatic rings. The molecule has 6 atom stereocenters. The lowest BCUT2D eigenvalue weighted by Gasteiger charge is -2.45. The van der Waals surface area contributed by atoms with Gasteiger partial charge in [-0.05, 0) is 23.7 Å². The minimum Gasteiger partial charge on any atom is -0.466 e. The van der Waals surface area contributed by atoms with Crippen molar-refractivity contribution in [2.24, 2.45) is 23.7 Å². The highest BCUT2D eigenvalue weighted by Crippen LogP contribution is 2.43. The molecule has 19 heavy (non-hydrogen) atoms. The summed E-state index contributed by atoms with van der Waals surface area (Å²) in [5, 5.41) is -1.31. The van der Waals surface area contributed by atoms with Crippen molar-refractivity contribution in [2.45, 2.75) is 58.6 Å². The van der Waals surface area contributed by atoms with E-state index in [1.807, 2.05) is 0 Å². The molecule has 0 aliphatic carbocycles. The van der Waals surface area contributed by atoms with E-state index in [1.54, 1.807) is 0 Å². The lowest BCUT2D eigenvalue weighted by atomic mass is 9.75. The van der Waals surface area contributed by atoms with E-state index in [0.717, 1.165) is 6.42 Å². The van der Waals surface area contributed by atoms with Crippen LogP contribution in [0.3, 0.4) is 0 Å². The molecule has 0 bridgehead atoms. The summed E-state index contributed by atoms with van der Waals surface area (Å²) in [4.78, 5) is 11.9. The van der Waals surface area contributed by atoms with Crippen molar-refractivity contribution in [1.82, 2.24) is 0 Å². The van der Waals surface area contributed by atoms with Crippen LogP contribution in [0.1, 0.15) is 47.5 Å². The van der Waals surface area contributed by atoms with Crippen LogP contribution in [0.4, 0.5) is 0 Å². The number of halogens is 1. The van der Waals surface area contributed by atoms with Crippen molar-refractivity contribution in [3.63, 3.8) is 0 Å². The first-order chi connectivity index (χ1) is 8.76. The van der Waals surface area contributed by atoms with Crippen molar-refractivity contribution in [1.29, 1.82) is 0 Å². The predicted octanol–water partition coefficient (Wildman–Crippen LogP) is 3.84. The fourth-order valence-corrected chi connectivity index (χ4v) is 3.28. The third-order valence-corrected chi connectivity index (χ3v) is 5.27. The van der Waals surface area contributed by atoms with E-state index in [4.69, 9.17) is 21.1 Å².